The van der Waals surface area contributed by atoms with Gasteiger partial charge in [-0.1, -0.05) is 437 Å². The van der Waals surface area contributed by atoms with Gasteiger partial charge in [-0.3, -0.25) is 4.57 Å². The molecule has 0 fully saturated rings. The molecule has 5 aliphatic rings. The zero-order chi connectivity index (χ0) is 99.8. The molecule has 0 N–H and O–H groups in total. The van der Waals surface area contributed by atoms with Gasteiger partial charge in [-0.25, -0.2) is 0 Å². The van der Waals surface area contributed by atoms with Crippen LogP contribution in [0.4, 0.5) is 17.1 Å². The Labute approximate surface area is 868 Å². The van der Waals surface area contributed by atoms with Crippen LogP contribution < -0.4 is 4.90 Å². The van der Waals surface area contributed by atoms with Gasteiger partial charge in [0.05, 0.1) is 0 Å². The van der Waals surface area contributed by atoms with Crippen LogP contribution in [0.3, 0.4) is 0 Å². The summed E-state index contributed by atoms with van der Waals surface area (Å²) >= 11 is 0. The minimum Gasteiger partial charge on any atom is -0.310 e. The lowest BCUT2D eigenvalue weighted by molar-refractivity contribution is 0.414. The maximum atomic E-state index is 4.95. The third kappa shape index (κ3) is 17.5. The number of fused-ring (bicyclic) bond motifs is 15. The van der Waals surface area contributed by atoms with Crippen LogP contribution in [-0.4, -0.2) is 14.8 Å². The smallest absolute Gasteiger partial charge is 0.168 e. The molecule has 1 heterocycles. The Morgan fingerprint density at radius 3 is 0.621 bits per heavy atom. The predicted molar refractivity (Wildman–Crippen MR) is 619 cm³/mol. The van der Waals surface area contributed by atoms with Gasteiger partial charge < -0.3 is 4.90 Å². The van der Waals surface area contributed by atoms with E-state index in [9.17, 15) is 0 Å². The molecule has 15 aromatic carbocycles. The number of nitrogens with zero attached hydrogens (tertiary/aromatic N) is 4. The highest BCUT2D eigenvalue weighted by atomic mass is 15.3. The molecule has 0 saturated carbocycles. The van der Waals surface area contributed by atoms with Gasteiger partial charge in [-0.05, 0) is 345 Å². The highest BCUT2D eigenvalue weighted by Crippen LogP contribution is 2.64. The van der Waals surface area contributed by atoms with Crippen molar-refractivity contribution in [2.75, 3.05) is 4.90 Å². The molecule has 16 aromatic rings. The SMILES string of the molecule is CCCCC1(CCCC)c2cc(-c3ccc(-c4nnc(-c5ccc(C(C)(C)C)cc5)n4-c4ccccc4)cc3)ccc2-c2ccc(-c3ccc4c(c3)C(CCCC)(CCCC)c3cc(-c5ccc6c(c5)C(CCCC)(CCCC)c5cc(-c7ccc8c(c7)C(CCCC)(CCCC)c7cc(-c9ccc%10c(c9)C(CCCC)(CCCC)c9cc(N(c%11ccccc%11)c%11ccccc%11)ccc9-%10)ccc7-8)ccc5-6)ccc3-4)cc21. The van der Waals surface area contributed by atoms with E-state index < -0.39 is 0 Å². The van der Waals surface area contributed by atoms with Crippen LogP contribution in [0.15, 0.2) is 322 Å². The summed E-state index contributed by atoms with van der Waals surface area (Å²) < 4.78 is 2.22. The van der Waals surface area contributed by atoms with Gasteiger partial charge in [0.2, 0.25) is 0 Å². The maximum absolute atomic E-state index is 4.95. The molecule has 145 heavy (non-hydrogen) atoms. The second kappa shape index (κ2) is 41.6. The predicted octanol–water partition coefficient (Wildman–Crippen LogP) is 40.9. The van der Waals surface area contributed by atoms with Crippen molar-refractivity contribution < 1.29 is 0 Å². The van der Waals surface area contributed by atoms with Crippen molar-refractivity contribution in [2.24, 2.45) is 0 Å². The van der Waals surface area contributed by atoms with Crippen molar-refractivity contribution in [1.29, 1.82) is 0 Å². The number of unbranched alkanes of at least 4 members (excludes halogenated alkanes) is 10. The van der Waals surface area contributed by atoms with E-state index >= 15 is 0 Å². The molecule has 0 aliphatic heterocycles. The molecule has 0 spiro atoms. The van der Waals surface area contributed by atoms with Crippen molar-refractivity contribution >= 4 is 17.1 Å². The fraction of sp³-hybridized carbons (Fsp3) is 0.348. The van der Waals surface area contributed by atoms with Crippen molar-refractivity contribution in [3.63, 3.8) is 0 Å². The highest BCUT2D eigenvalue weighted by molar-refractivity contribution is 5.95. The Morgan fingerprint density at radius 1 is 0.200 bits per heavy atom. The van der Waals surface area contributed by atoms with Gasteiger partial charge in [0, 0.05) is 61.0 Å². The Kier molecular flexibility index (Phi) is 28.2. The number of rotatable bonds is 41. The Bertz CT molecular complexity index is 7260. The minimum absolute atomic E-state index is 0.0484. The zero-order valence-corrected chi connectivity index (χ0v) is 89.1. The minimum atomic E-state index is -0.128. The monoisotopic (exact) mass is 1900 g/mol. The van der Waals surface area contributed by atoms with Crippen LogP contribution in [-0.2, 0) is 32.5 Å². The third-order valence-electron chi connectivity index (χ3n) is 35.1. The number of benzene rings is 15. The van der Waals surface area contributed by atoms with E-state index in [-0.39, 0.29) is 32.5 Å². The fourth-order valence-electron chi connectivity index (χ4n) is 27.3. The van der Waals surface area contributed by atoms with Crippen LogP contribution in [0.5, 0.6) is 0 Å². The molecule has 4 heteroatoms. The van der Waals surface area contributed by atoms with Gasteiger partial charge in [0.1, 0.15) is 0 Å². The standard InChI is InChI=1S/C141H152N4/c1-14-24-77-137(78-25-15-2)124-87-100(97-49-51-98(52-50-97)134-142-143-135(145(134)112-47-41-36-42-48-112)99-53-64-109(65-54-99)136(11,12)13)55-67-114(124)115-68-56-101(88-125(115)137)102-57-69-116-117-70-58-103(90-127(117)138(79-26-16-3,80-27-17-4)126(116)89-102)104-59-71-118-119-72-60-105(92-129(119)139(81-28-18-5,82-29-19-6)128(118)91-104)106-61-73-120-121-74-62-107(94-131(121)140(83-30-20-7,84-31-21-8)130(120)93-106)108-63-75-122-123-76-66-113(144(110-43-37-34-38-44-110)111-45-39-35-40-46-111)96-133(123)141(85-32-22-9,86-33-23-10)132(122)95-108/h34-76,87-96H,14-33,77-86H2,1-13H3. The molecule has 1 aromatic heterocycles. The van der Waals surface area contributed by atoms with Crippen molar-refractivity contribution in [3.05, 3.63) is 383 Å². The second-order valence-electron chi connectivity index (χ2n) is 44.9. The quantitative estimate of drug-likeness (QED) is 0.0383. The Balaban J connectivity index is 0.599. The van der Waals surface area contributed by atoms with Gasteiger partial charge in [0.25, 0.3) is 0 Å². The first kappa shape index (κ1) is 98.3. The van der Waals surface area contributed by atoms with E-state index in [0.717, 1.165) is 144 Å². The molecular weight excluding hydrogens is 1750 g/mol. The van der Waals surface area contributed by atoms with Gasteiger partial charge in [0.15, 0.2) is 11.6 Å². The van der Waals surface area contributed by atoms with Crippen molar-refractivity contribution in [1.82, 2.24) is 14.8 Å². The lowest BCUT2D eigenvalue weighted by atomic mass is 9.69. The largest absolute Gasteiger partial charge is 0.310 e. The average molecular weight is 1900 g/mol. The molecule has 736 valence electrons. The molecule has 5 aliphatic carbocycles. The summed E-state index contributed by atoms with van der Waals surface area (Å²) in [6.45, 7) is 30.8. The number of hydrogen-bond donors (Lipinski definition) is 0. The molecular formula is C141H152N4. The van der Waals surface area contributed by atoms with Crippen LogP contribution in [0.1, 0.15) is 344 Å². The fourth-order valence-corrected chi connectivity index (χ4v) is 27.3. The third-order valence-corrected chi connectivity index (χ3v) is 35.1. The summed E-state index contributed by atoms with van der Waals surface area (Å²) in [5, 5.41) is 9.87. The summed E-state index contributed by atoms with van der Waals surface area (Å²) in [7, 11) is 0. The van der Waals surface area contributed by atoms with Gasteiger partial charge >= 0.3 is 0 Å². The molecule has 0 atom stereocenters. The van der Waals surface area contributed by atoms with Gasteiger partial charge in [-0.15, -0.1) is 10.2 Å². The summed E-state index contributed by atoms with van der Waals surface area (Å²) in [5.74, 6) is 1.66. The first-order chi connectivity index (χ1) is 71.0. The van der Waals surface area contributed by atoms with Crippen LogP contribution in [0, 0.1) is 0 Å². The highest BCUT2D eigenvalue weighted by Gasteiger charge is 2.50. The molecule has 0 unspecified atom stereocenters. The summed E-state index contributed by atoms with van der Waals surface area (Å²) in [6.07, 6.45) is 34.7. The van der Waals surface area contributed by atoms with E-state index in [2.05, 4.69) is 421 Å². The maximum Gasteiger partial charge on any atom is 0.168 e. The first-order valence-corrected chi connectivity index (χ1v) is 56.6. The summed E-state index contributed by atoms with van der Waals surface area (Å²) in [4.78, 5) is 2.46. The number of para-hydroxylation sites is 3. The summed E-state index contributed by atoms with van der Waals surface area (Å²) in [5.41, 5.74) is 50.2. The Hall–Kier alpha value is -12.8. The zero-order valence-electron chi connectivity index (χ0n) is 89.1. The first-order valence-electron chi connectivity index (χ1n) is 56.6. The van der Waals surface area contributed by atoms with Crippen LogP contribution >= 0.6 is 0 Å². The molecule has 0 amide bonds. The van der Waals surface area contributed by atoms with E-state index in [1.54, 1.807) is 27.8 Å². The number of aromatic nitrogens is 3. The molecule has 21 rings (SSSR count). The molecule has 4 nitrogen and oxygen atoms in total. The lowest BCUT2D eigenvalue weighted by Crippen LogP contribution is -2.26. The topological polar surface area (TPSA) is 34.0 Å². The number of hydrogen-bond acceptors (Lipinski definition) is 3. The normalized spacial score (nSPS) is 14.5. The summed E-state index contributed by atoms with van der Waals surface area (Å²) in [6, 6.07) is 127. The van der Waals surface area contributed by atoms with E-state index in [1.807, 2.05) is 0 Å². The number of anilines is 3. The van der Waals surface area contributed by atoms with Crippen LogP contribution in [0.2, 0.25) is 0 Å². The Morgan fingerprint density at radius 2 is 0.393 bits per heavy atom. The molecule has 0 saturated heterocycles. The van der Waals surface area contributed by atoms with Crippen molar-refractivity contribution in [3.8, 4) is 140 Å². The lowest BCUT2D eigenvalue weighted by Gasteiger charge is -2.34. The molecule has 0 bridgehead atoms. The van der Waals surface area contributed by atoms with Gasteiger partial charge in [-0.2, -0.15) is 0 Å². The van der Waals surface area contributed by atoms with Crippen molar-refractivity contribution in [2.45, 2.75) is 315 Å². The van der Waals surface area contributed by atoms with E-state index in [0.29, 0.717) is 0 Å². The second-order valence-corrected chi connectivity index (χ2v) is 44.9. The molecule has 0 radical (unpaired) electrons. The van der Waals surface area contributed by atoms with E-state index in [4.69, 9.17) is 10.2 Å². The van der Waals surface area contributed by atoms with Crippen LogP contribution in [0.25, 0.3) is 140 Å². The average Bonchev–Trinajstić information content (AvgIpc) is 1.54. The van der Waals surface area contributed by atoms with E-state index in [1.165, 1.54) is 239 Å².